The van der Waals surface area contributed by atoms with Crippen molar-refractivity contribution in [3.8, 4) is 0 Å². The molecule has 3 nitrogen and oxygen atoms in total. The summed E-state index contributed by atoms with van der Waals surface area (Å²) in [5.74, 6) is 1.09. The highest BCUT2D eigenvalue weighted by molar-refractivity contribution is 7.98. The number of benzene rings is 2. The fraction of sp³-hybridized carbons (Fsp3) is 0.235. The average molecular weight is 300 g/mol. The molecule has 21 heavy (non-hydrogen) atoms. The number of rotatable bonds is 4. The maximum atomic E-state index is 8.74. The Kier molecular flexibility index (Phi) is 4.91. The second-order valence-corrected chi connectivity index (χ2v) is 6.30. The smallest absolute Gasteiger partial charge is 0.170 e. The van der Waals surface area contributed by atoms with Gasteiger partial charge in [-0.25, -0.2) is 0 Å². The van der Waals surface area contributed by atoms with Crippen LogP contribution in [0.15, 0.2) is 46.4 Å². The zero-order valence-electron chi connectivity index (χ0n) is 12.6. The lowest BCUT2D eigenvalue weighted by Crippen LogP contribution is -2.14. The molecular formula is C17H20N2OS. The van der Waals surface area contributed by atoms with E-state index in [0.717, 1.165) is 16.9 Å². The predicted molar refractivity (Wildman–Crippen MR) is 89.2 cm³/mol. The van der Waals surface area contributed by atoms with Crippen LogP contribution in [0.5, 0.6) is 0 Å². The Labute approximate surface area is 129 Å². The van der Waals surface area contributed by atoms with E-state index >= 15 is 0 Å². The molecule has 0 aliphatic carbocycles. The van der Waals surface area contributed by atoms with Crippen molar-refractivity contribution in [2.45, 2.75) is 31.4 Å². The number of aryl methyl sites for hydroxylation is 3. The van der Waals surface area contributed by atoms with E-state index in [4.69, 9.17) is 10.9 Å². The minimum Gasteiger partial charge on any atom is -0.409 e. The molecule has 0 heterocycles. The number of oxime groups is 1. The Morgan fingerprint density at radius 2 is 1.76 bits per heavy atom. The lowest BCUT2D eigenvalue weighted by atomic mass is 10.1. The third kappa shape index (κ3) is 4.02. The van der Waals surface area contributed by atoms with Gasteiger partial charge in [0.05, 0.1) is 0 Å². The van der Waals surface area contributed by atoms with E-state index in [0.29, 0.717) is 0 Å². The molecule has 2 aromatic carbocycles. The molecule has 0 aromatic heterocycles. The molecule has 0 amide bonds. The van der Waals surface area contributed by atoms with Crippen molar-refractivity contribution in [3.05, 3.63) is 64.2 Å². The van der Waals surface area contributed by atoms with Crippen LogP contribution >= 0.6 is 11.8 Å². The van der Waals surface area contributed by atoms with Crippen LogP contribution in [0.1, 0.15) is 27.8 Å². The molecule has 0 atom stereocenters. The first-order valence-corrected chi connectivity index (χ1v) is 7.76. The van der Waals surface area contributed by atoms with Crippen molar-refractivity contribution in [1.29, 1.82) is 0 Å². The summed E-state index contributed by atoms with van der Waals surface area (Å²) in [5.41, 5.74) is 11.3. The molecule has 0 aliphatic rings. The van der Waals surface area contributed by atoms with Gasteiger partial charge in [0, 0.05) is 16.2 Å². The standard InChI is InChI=1S/C17H20N2OS/c1-11-6-12(2)8-14(7-11)10-21-15-4-5-16(13(3)9-15)17(18)19-20/h4-9,20H,10H2,1-3H3,(H2,18,19). The van der Waals surface area contributed by atoms with Crippen LogP contribution in [-0.4, -0.2) is 11.0 Å². The highest BCUT2D eigenvalue weighted by Gasteiger charge is 2.05. The number of nitrogens with zero attached hydrogens (tertiary/aromatic N) is 1. The lowest BCUT2D eigenvalue weighted by Gasteiger charge is -2.08. The Morgan fingerprint density at radius 3 is 2.33 bits per heavy atom. The molecule has 0 saturated heterocycles. The summed E-state index contributed by atoms with van der Waals surface area (Å²) in [6.45, 7) is 6.21. The molecule has 2 rings (SSSR count). The number of nitrogens with two attached hydrogens (primary N) is 1. The zero-order valence-corrected chi connectivity index (χ0v) is 13.4. The number of hydrogen-bond acceptors (Lipinski definition) is 3. The summed E-state index contributed by atoms with van der Waals surface area (Å²) in [4.78, 5) is 1.18. The number of thioether (sulfide) groups is 1. The highest BCUT2D eigenvalue weighted by atomic mass is 32.2. The molecule has 0 fully saturated rings. The van der Waals surface area contributed by atoms with Crippen LogP contribution in [0.3, 0.4) is 0 Å². The molecule has 110 valence electrons. The first-order chi connectivity index (χ1) is 9.99. The van der Waals surface area contributed by atoms with E-state index in [2.05, 4.69) is 43.3 Å². The van der Waals surface area contributed by atoms with Gasteiger partial charge in [-0.3, -0.25) is 0 Å². The van der Waals surface area contributed by atoms with Crippen LogP contribution in [0.25, 0.3) is 0 Å². The van der Waals surface area contributed by atoms with Crippen LogP contribution in [-0.2, 0) is 5.75 Å². The Balaban J connectivity index is 2.12. The van der Waals surface area contributed by atoms with E-state index in [1.807, 2.05) is 19.1 Å². The molecule has 0 radical (unpaired) electrons. The van der Waals surface area contributed by atoms with Gasteiger partial charge in [0.25, 0.3) is 0 Å². The predicted octanol–water partition coefficient (Wildman–Crippen LogP) is 4.00. The summed E-state index contributed by atoms with van der Waals surface area (Å²) in [7, 11) is 0. The molecule has 0 spiro atoms. The Morgan fingerprint density at radius 1 is 1.10 bits per heavy atom. The van der Waals surface area contributed by atoms with Crippen molar-refractivity contribution in [2.75, 3.05) is 0 Å². The van der Waals surface area contributed by atoms with E-state index in [-0.39, 0.29) is 5.84 Å². The molecule has 0 saturated carbocycles. The monoisotopic (exact) mass is 300 g/mol. The molecule has 4 heteroatoms. The summed E-state index contributed by atoms with van der Waals surface area (Å²) < 4.78 is 0. The quantitative estimate of drug-likeness (QED) is 0.295. The van der Waals surface area contributed by atoms with Crippen molar-refractivity contribution >= 4 is 17.6 Å². The molecule has 3 N–H and O–H groups in total. The first-order valence-electron chi connectivity index (χ1n) is 6.78. The van der Waals surface area contributed by atoms with Gasteiger partial charge in [-0.1, -0.05) is 34.5 Å². The van der Waals surface area contributed by atoms with Gasteiger partial charge in [-0.2, -0.15) is 0 Å². The van der Waals surface area contributed by atoms with Crippen molar-refractivity contribution in [1.82, 2.24) is 0 Å². The largest absolute Gasteiger partial charge is 0.409 e. The molecule has 2 aromatic rings. The molecule has 0 bridgehead atoms. The summed E-state index contributed by atoms with van der Waals surface area (Å²) in [5, 5.41) is 11.8. The van der Waals surface area contributed by atoms with Crippen LogP contribution in [0.4, 0.5) is 0 Å². The van der Waals surface area contributed by atoms with Crippen molar-refractivity contribution in [2.24, 2.45) is 10.9 Å². The molecular weight excluding hydrogens is 280 g/mol. The maximum absolute atomic E-state index is 8.74. The van der Waals surface area contributed by atoms with Gasteiger partial charge in [0.15, 0.2) is 5.84 Å². The molecule has 0 aliphatic heterocycles. The van der Waals surface area contributed by atoms with Crippen LogP contribution < -0.4 is 5.73 Å². The van der Waals surface area contributed by atoms with Gasteiger partial charge in [0.2, 0.25) is 0 Å². The van der Waals surface area contributed by atoms with Gasteiger partial charge in [-0.15, -0.1) is 11.8 Å². The van der Waals surface area contributed by atoms with Gasteiger partial charge >= 0.3 is 0 Å². The number of amidine groups is 1. The third-order valence-electron chi connectivity index (χ3n) is 3.27. The lowest BCUT2D eigenvalue weighted by molar-refractivity contribution is 0.318. The Hall–Kier alpha value is -1.94. The average Bonchev–Trinajstić information content (AvgIpc) is 2.43. The second kappa shape index (κ2) is 6.68. The fourth-order valence-corrected chi connectivity index (χ4v) is 3.31. The van der Waals surface area contributed by atoms with E-state index in [9.17, 15) is 0 Å². The van der Waals surface area contributed by atoms with Gasteiger partial charge < -0.3 is 10.9 Å². The normalized spacial score (nSPS) is 11.7. The van der Waals surface area contributed by atoms with Crippen LogP contribution in [0.2, 0.25) is 0 Å². The third-order valence-corrected chi connectivity index (χ3v) is 4.33. The summed E-state index contributed by atoms with van der Waals surface area (Å²) in [6.07, 6.45) is 0. The van der Waals surface area contributed by atoms with Crippen molar-refractivity contribution in [3.63, 3.8) is 0 Å². The summed E-state index contributed by atoms with van der Waals surface area (Å²) in [6, 6.07) is 12.6. The Bertz CT molecular complexity index is 660. The minimum absolute atomic E-state index is 0.151. The zero-order chi connectivity index (χ0) is 15.4. The topological polar surface area (TPSA) is 58.6 Å². The minimum atomic E-state index is 0.151. The van der Waals surface area contributed by atoms with E-state index in [1.54, 1.807) is 11.8 Å². The number of hydrogen-bond donors (Lipinski definition) is 2. The summed E-state index contributed by atoms with van der Waals surface area (Å²) >= 11 is 1.79. The van der Waals surface area contributed by atoms with Crippen molar-refractivity contribution < 1.29 is 5.21 Å². The van der Waals surface area contributed by atoms with Gasteiger partial charge in [-0.05, 0) is 50.1 Å². The van der Waals surface area contributed by atoms with Gasteiger partial charge in [0.1, 0.15) is 0 Å². The SMILES string of the molecule is Cc1cc(C)cc(CSc2ccc(/C(N)=N/O)c(C)c2)c1. The highest BCUT2D eigenvalue weighted by Crippen LogP contribution is 2.25. The maximum Gasteiger partial charge on any atom is 0.170 e. The van der Waals surface area contributed by atoms with E-state index in [1.165, 1.54) is 21.6 Å². The second-order valence-electron chi connectivity index (χ2n) is 5.25. The first kappa shape index (κ1) is 15.4. The fourth-order valence-electron chi connectivity index (χ4n) is 2.39. The molecule has 0 unspecified atom stereocenters. The van der Waals surface area contributed by atoms with Crippen LogP contribution in [0, 0.1) is 20.8 Å². The van der Waals surface area contributed by atoms with E-state index < -0.39 is 0 Å².